The van der Waals surface area contributed by atoms with Crippen molar-refractivity contribution in [3.8, 4) is 11.5 Å². The minimum atomic E-state index is -0.191. The second-order valence-corrected chi connectivity index (χ2v) is 5.47. The highest BCUT2D eigenvalue weighted by Gasteiger charge is 2.15. The summed E-state index contributed by atoms with van der Waals surface area (Å²) in [6.45, 7) is 4.40. The maximum absolute atomic E-state index is 5.58. The molecule has 1 atom stereocenters. The lowest BCUT2D eigenvalue weighted by Crippen LogP contribution is -2.01. The number of pyridine rings is 1. The fourth-order valence-electron chi connectivity index (χ4n) is 1.82. The van der Waals surface area contributed by atoms with E-state index in [-0.39, 0.29) is 6.10 Å². The number of hydrogen-bond acceptors (Lipinski definition) is 9. The van der Waals surface area contributed by atoms with Gasteiger partial charge < -0.3 is 13.7 Å². The summed E-state index contributed by atoms with van der Waals surface area (Å²) in [5.41, 5.74) is 0.824. The fraction of sp³-hybridized carbons (Fsp3) is 0.357. The topological polar surface area (TPSA) is 100.0 Å². The number of aromatic nitrogens is 5. The van der Waals surface area contributed by atoms with Gasteiger partial charge in [-0.1, -0.05) is 16.9 Å². The third-order valence-electron chi connectivity index (χ3n) is 2.92. The molecule has 0 N–H and O–H groups in total. The lowest BCUT2D eigenvalue weighted by atomic mass is 10.3. The molecule has 9 heteroatoms. The number of ether oxygens (including phenoxy) is 1. The largest absolute Gasteiger partial charge is 0.411 e. The van der Waals surface area contributed by atoms with Crippen molar-refractivity contribution in [1.29, 1.82) is 0 Å². The van der Waals surface area contributed by atoms with Gasteiger partial charge in [0.25, 0.3) is 5.22 Å². The van der Waals surface area contributed by atoms with E-state index in [1.165, 1.54) is 11.8 Å². The van der Waals surface area contributed by atoms with Gasteiger partial charge in [0.2, 0.25) is 11.8 Å². The normalized spacial score (nSPS) is 12.4. The first-order valence-electron chi connectivity index (χ1n) is 7.07. The van der Waals surface area contributed by atoms with E-state index in [0.717, 1.165) is 5.56 Å². The average molecular weight is 333 g/mol. The van der Waals surface area contributed by atoms with Gasteiger partial charge >= 0.3 is 0 Å². The van der Waals surface area contributed by atoms with Crippen molar-refractivity contribution in [2.75, 3.05) is 6.61 Å². The summed E-state index contributed by atoms with van der Waals surface area (Å²) in [7, 11) is 0. The molecule has 0 amide bonds. The molecule has 120 valence electrons. The fourth-order valence-corrected chi connectivity index (χ4v) is 2.42. The molecule has 0 aliphatic carbocycles. The summed E-state index contributed by atoms with van der Waals surface area (Å²) < 4.78 is 16.2. The molecule has 8 nitrogen and oxygen atoms in total. The van der Waals surface area contributed by atoms with E-state index >= 15 is 0 Å². The lowest BCUT2D eigenvalue weighted by molar-refractivity contribution is 0.0683. The Balaban J connectivity index is 1.60. The minimum Gasteiger partial charge on any atom is -0.411 e. The van der Waals surface area contributed by atoms with E-state index in [9.17, 15) is 0 Å². The Bertz CT molecular complexity index is 746. The van der Waals surface area contributed by atoms with Crippen LogP contribution in [0.15, 0.2) is 38.7 Å². The molecule has 3 heterocycles. The Hall–Kier alpha value is -2.26. The summed E-state index contributed by atoms with van der Waals surface area (Å²) in [6.07, 6.45) is 3.15. The second kappa shape index (κ2) is 7.34. The second-order valence-electron chi connectivity index (χ2n) is 4.54. The quantitative estimate of drug-likeness (QED) is 0.604. The Labute approximate surface area is 136 Å². The van der Waals surface area contributed by atoms with Crippen LogP contribution < -0.4 is 0 Å². The molecule has 3 aromatic rings. The molecule has 0 saturated carbocycles. The van der Waals surface area contributed by atoms with Crippen LogP contribution in [-0.4, -0.2) is 31.9 Å². The van der Waals surface area contributed by atoms with Crippen LogP contribution >= 0.6 is 11.8 Å². The predicted octanol–water partition coefficient (Wildman–Crippen LogP) is 2.90. The molecule has 0 spiro atoms. The van der Waals surface area contributed by atoms with Crippen LogP contribution in [0.1, 0.15) is 31.7 Å². The molecular weight excluding hydrogens is 318 g/mol. The van der Waals surface area contributed by atoms with Crippen molar-refractivity contribution in [1.82, 2.24) is 25.3 Å². The van der Waals surface area contributed by atoms with Crippen LogP contribution in [-0.2, 0) is 10.5 Å². The molecule has 0 aliphatic rings. The highest BCUT2D eigenvalue weighted by atomic mass is 32.2. The number of hydrogen-bond donors (Lipinski definition) is 0. The molecule has 0 bridgehead atoms. The van der Waals surface area contributed by atoms with Crippen LogP contribution in [0.2, 0.25) is 0 Å². The van der Waals surface area contributed by atoms with E-state index in [1.807, 2.05) is 13.8 Å². The average Bonchev–Trinajstić information content (AvgIpc) is 3.23. The van der Waals surface area contributed by atoms with Crippen LogP contribution in [0, 0.1) is 0 Å². The van der Waals surface area contributed by atoms with E-state index in [2.05, 4.69) is 25.3 Å². The molecule has 0 radical (unpaired) electrons. The first kappa shape index (κ1) is 15.6. The molecule has 23 heavy (non-hydrogen) atoms. The van der Waals surface area contributed by atoms with Crippen molar-refractivity contribution in [2.24, 2.45) is 0 Å². The number of nitrogens with zero attached hydrogens (tertiary/aromatic N) is 5. The van der Waals surface area contributed by atoms with Gasteiger partial charge in [0.05, 0.1) is 5.75 Å². The van der Waals surface area contributed by atoms with Crippen LogP contribution in [0.25, 0.3) is 11.5 Å². The first-order chi connectivity index (χ1) is 11.3. The maximum Gasteiger partial charge on any atom is 0.277 e. The van der Waals surface area contributed by atoms with Crippen molar-refractivity contribution in [2.45, 2.75) is 30.9 Å². The number of thioether (sulfide) groups is 1. The van der Waals surface area contributed by atoms with Gasteiger partial charge in [-0.3, -0.25) is 4.98 Å². The van der Waals surface area contributed by atoms with Crippen LogP contribution in [0.5, 0.6) is 0 Å². The Morgan fingerprint density at radius 3 is 2.87 bits per heavy atom. The third kappa shape index (κ3) is 3.93. The van der Waals surface area contributed by atoms with Crippen molar-refractivity contribution in [3.63, 3.8) is 0 Å². The van der Waals surface area contributed by atoms with Gasteiger partial charge in [-0.15, -0.1) is 10.2 Å². The summed E-state index contributed by atoms with van der Waals surface area (Å²) in [5, 5.41) is 12.3. The molecular formula is C14H15N5O3S. The maximum atomic E-state index is 5.58. The van der Waals surface area contributed by atoms with Crippen molar-refractivity contribution < 1.29 is 13.7 Å². The molecule has 0 fully saturated rings. The summed E-state index contributed by atoms with van der Waals surface area (Å²) in [6, 6.07) is 3.61. The van der Waals surface area contributed by atoms with E-state index < -0.39 is 0 Å². The van der Waals surface area contributed by atoms with Crippen LogP contribution in [0.3, 0.4) is 0 Å². The van der Waals surface area contributed by atoms with E-state index in [4.69, 9.17) is 13.7 Å². The zero-order chi connectivity index (χ0) is 16.1. The zero-order valence-electron chi connectivity index (χ0n) is 12.7. The van der Waals surface area contributed by atoms with Gasteiger partial charge in [-0.25, -0.2) is 0 Å². The number of rotatable bonds is 7. The molecule has 3 aromatic heterocycles. The van der Waals surface area contributed by atoms with Gasteiger partial charge in [-0.2, -0.15) is 4.98 Å². The van der Waals surface area contributed by atoms with Gasteiger partial charge in [-0.05, 0) is 26.0 Å². The summed E-state index contributed by atoms with van der Waals surface area (Å²) in [5.74, 6) is 1.92. The Morgan fingerprint density at radius 2 is 2.09 bits per heavy atom. The van der Waals surface area contributed by atoms with Gasteiger partial charge in [0.15, 0.2) is 5.82 Å². The predicted molar refractivity (Wildman–Crippen MR) is 81.4 cm³/mol. The van der Waals surface area contributed by atoms with Crippen molar-refractivity contribution in [3.05, 3.63) is 36.2 Å². The standard InChI is InChI=1S/C14H15N5O3S/c1-3-20-9(2)12-16-11(22-19-12)8-23-14-18-17-13(21-14)10-4-6-15-7-5-10/h4-7,9H,3,8H2,1-2H3. The third-order valence-corrected chi connectivity index (χ3v) is 3.72. The SMILES string of the molecule is CCOC(C)c1noc(CSc2nnc(-c3ccncc3)o2)n1. The smallest absolute Gasteiger partial charge is 0.277 e. The Kier molecular flexibility index (Phi) is 4.99. The van der Waals surface area contributed by atoms with E-state index in [1.54, 1.807) is 24.5 Å². The molecule has 0 aromatic carbocycles. The first-order valence-corrected chi connectivity index (χ1v) is 8.05. The highest BCUT2D eigenvalue weighted by molar-refractivity contribution is 7.98. The lowest BCUT2D eigenvalue weighted by Gasteiger charge is -2.04. The van der Waals surface area contributed by atoms with Crippen LogP contribution in [0.4, 0.5) is 0 Å². The zero-order valence-corrected chi connectivity index (χ0v) is 13.5. The highest BCUT2D eigenvalue weighted by Crippen LogP contribution is 2.25. The van der Waals surface area contributed by atoms with E-state index in [0.29, 0.717) is 35.2 Å². The molecule has 0 aliphatic heterocycles. The monoisotopic (exact) mass is 333 g/mol. The summed E-state index contributed by atoms with van der Waals surface area (Å²) in [4.78, 5) is 8.24. The van der Waals surface area contributed by atoms with Gasteiger partial charge in [0, 0.05) is 24.6 Å². The Morgan fingerprint density at radius 1 is 1.26 bits per heavy atom. The molecule has 1 unspecified atom stereocenters. The molecule has 0 saturated heterocycles. The minimum absolute atomic E-state index is 0.191. The van der Waals surface area contributed by atoms with Crippen molar-refractivity contribution >= 4 is 11.8 Å². The summed E-state index contributed by atoms with van der Waals surface area (Å²) >= 11 is 1.33. The molecule has 3 rings (SSSR count). The van der Waals surface area contributed by atoms with Gasteiger partial charge in [0.1, 0.15) is 6.10 Å².